The molecule has 0 saturated heterocycles. The van der Waals surface area contributed by atoms with Crippen molar-refractivity contribution in [3.8, 4) is 10.7 Å². The van der Waals surface area contributed by atoms with Gasteiger partial charge in [-0.25, -0.2) is 4.98 Å². The molecule has 1 atom stereocenters. The molecule has 20 heavy (non-hydrogen) atoms. The summed E-state index contributed by atoms with van der Waals surface area (Å²) < 4.78 is 2.22. The zero-order valence-corrected chi connectivity index (χ0v) is 12.2. The van der Waals surface area contributed by atoms with E-state index in [1.165, 1.54) is 4.88 Å². The largest absolute Gasteiger partial charge is 0.383 e. The lowest BCUT2D eigenvalue weighted by Crippen LogP contribution is -2.16. The monoisotopic (exact) mass is 283 g/mol. The maximum Gasteiger partial charge on any atom is 0.150 e. The summed E-state index contributed by atoms with van der Waals surface area (Å²) in [5.41, 5.74) is 1.15. The molecule has 0 aliphatic heterocycles. The Morgan fingerprint density at radius 2 is 2.05 bits per heavy atom. The highest BCUT2D eigenvalue weighted by Crippen LogP contribution is 2.25. The molecule has 0 fully saturated rings. The number of nitrogens with zero attached hydrogens (tertiary/aromatic N) is 2. The summed E-state index contributed by atoms with van der Waals surface area (Å²) in [4.78, 5) is 5.69. The average molecular weight is 283 g/mol. The Kier molecular flexibility index (Phi) is 3.83. The van der Waals surface area contributed by atoms with Crippen LogP contribution >= 0.6 is 11.3 Å². The lowest BCUT2D eigenvalue weighted by molar-refractivity contribution is 0.579. The Hall–Kier alpha value is -2.07. The minimum absolute atomic E-state index is 0.342. The van der Waals surface area contributed by atoms with Crippen LogP contribution in [0.3, 0.4) is 0 Å². The summed E-state index contributed by atoms with van der Waals surface area (Å²) in [5, 5.41) is 5.54. The number of rotatable bonds is 5. The van der Waals surface area contributed by atoms with Gasteiger partial charge in [-0.05, 0) is 30.5 Å². The zero-order chi connectivity index (χ0) is 13.8. The summed E-state index contributed by atoms with van der Waals surface area (Å²) in [6.45, 7) is 3.08. The fourth-order valence-corrected chi connectivity index (χ4v) is 2.91. The van der Waals surface area contributed by atoms with Gasteiger partial charge in [-0.15, -0.1) is 11.3 Å². The van der Waals surface area contributed by atoms with Crippen molar-refractivity contribution in [3.63, 3.8) is 0 Å². The number of imidazole rings is 1. The molecule has 2 aromatic heterocycles. The molecule has 0 bridgehead atoms. The van der Waals surface area contributed by atoms with Crippen LogP contribution in [0.5, 0.6) is 0 Å². The SMILES string of the molecule is CC(CNc1ccccc1)n1ccnc1-c1cccs1. The van der Waals surface area contributed by atoms with E-state index in [2.05, 4.69) is 51.4 Å². The fourth-order valence-electron chi connectivity index (χ4n) is 2.19. The van der Waals surface area contributed by atoms with Crippen molar-refractivity contribution in [3.05, 3.63) is 60.2 Å². The third-order valence-electron chi connectivity index (χ3n) is 3.26. The van der Waals surface area contributed by atoms with E-state index in [9.17, 15) is 0 Å². The van der Waals surface area contributed by atoms with Crippen molar-refractivity contribution in [1.29, 1.82) is 0 Å². The Labute approximate surface area is 122 Å². The Morgan fingerprint density at radius 1 is 1.20 bits per heavy atom. The van der Waals surface area contributed by atoms with E-state index in [0.29, 0.717) is 6.04 Å². The smallest absolute Gasteiger partial charge is 0.150 e. The van der Waals surface area contributed by atoms with E-state index in [1.807, 2.05) is 30.6 Å². The van der Waals surface area contributed by atoms with Gasteiger partial charge in [-0.3, -0.25) is 0 Å². The molecule has 0 radical (unpaired) electrons. The van der Waals surface area contributed by atoms with Gasteiger partial charge in [-0.2, -0.15) is 0 Å². The van der Waals surface area contributed by atoms with Crippen molar-refractivity contribution in [2.45, 2.75) is 13.0 Å². The first-order valence-corrected chi connectivity index (χ1v) is 7.58. The van der Waals surface area contributed by atoms with Gasteiger partial charge >= 0.3 is 0 Å². The van der Waals surface area contributed by atoms with Crippen LogP contribution in [0.15, 0.2) is 60.2 Å². The molecule has 3 rings (SSSR count). The van der Waals surface area contributed by atoms with E-state index in [4.69, 9.17) is 0 Å². The molecule has 4 heteroatoms. The molecule has 102 valence electrons. The maximum absolute atomic E-state index is 4.48. The van der Waals surface area contributed by atoms with E-state index >= 15 is 0 Å². The number of anilines is 1. The number of nitrogens with one attached hydrogen (secondary N) is 1. The van der Waals surface area contributed by atoms with E-state index < -0.39 is 0 Å². The maximum atomic E-state index is 4.48. The topological polar surface area (TPSA) is 29.9 Å². The fraction of sp³-hybridized carbons (Fsp3) is 0.188. The van der Waals surface area contributed by atoms with Crippen LogP contribution in [0.1, 0.15) is 13.0 Å². The Morgan fingerprint density at radius 3 is 2.80 bits per heavy atom. The van der Waals surface area contributed by atoms with Crippen LogP contribution in [-0.2, 0) is 0 Å². The lowest BCUT2D eigenvalue weighted by Gasteiger charge is -2.17. The summed E-state index contributed by atoms with van der Waals surface area (Å²) in [7, 11) is 0. The molecule has 1 N–H and O–H groups in total. The van der Waals surface area contributed by atoms with Crippen molar-refractivity contribution < 1.29 is 0 Å². The van der Waals surface area contributed by atoms with Crippen molar-refractivity contribution >= 4 is 17.0 Å². The van der Waals surface area contributed by atoms with Crippen LogP contribution < -0.4 is 5.32 Å². The van der Waals surface area contributed by atoms with Gasteiger partial charge in [0.15, 0.2) is 0 Å². The normalized spacial score (nSPS) is 12.2. The average Bonchev–Trinajstić information content (AvgIpc) is 3.15. The standard InChI is InChI=1S/C16H17N3S/c1-13(12-18-14-6-3-2-4-7-14)19-10-9-17-16(19)15-8-5-11-20-15/h2-11,13,18H,12H2,1H3. The number of benzene rings is 1. The zero-order valence-electron chi connectivity index (χ0n) is 11.4. The van der Waals surface area contributed by atoms with Gasteiger partial charge in [0.25, 0.3) is 0 Å². The quantitative estimate of drug-likeness (QED) is 0.757. The van der Waals surface area contributed by atoms with Crippen LogP contribution in [-0.4, -0.2) is 16.1 Å². The highest BCUT2D eigenvalue weighted by molar-refractivity contribution is 7.13. The predicted octanol–water partition coefficient (Wildman–Crippen LogP) is 4.28. The van der Waals surface area contributed by atoms with Crippen LogP contribution in [0, 0.1) is 0 Å². The van der Waals surface area contributed by atoms with Crippen LogP contribution in [0.2, 0.25) is 0 Å². The van der Waals surface area contributed by atoms with Crippen molar-refractivity contribution in [2.24, 2.45) is 0 Å². The number of hydrogen-bond acceptors (Lipinski definition) is 3. The molecular weight excluding hydrogens is 266 g/mol. The first kappa shape index (κ1) is 12.9. The second kappa shape index (κ2) is 5.92. The number of hydrogen-bond donors (Lipinski definition) is 1. The Balaban J connectivity index is 1.72. The summed E-state index contributed by atoms with van der Waals surface area (Å²) in [6.07, 6.45) is 3.92. The van der Waals surface area contributed by atoms with Gasteiger partial charge in [0.2, 0.25) is 0 Å². The molecule has 2 heterocycles. The van der Waals surface area contributed by atoms with E-state index in [1.54, 1.807) is 11.3 Å². The van der Waals surface area contributed by atoms with Crippen LogP contribution in [0.4, 0.5) is 5.69 Å². The summed E-state index contributed by atoms with van der Waals surface area (Å²) in [5.74, 6) is 1.04. The van der Waals surface area contributed by atoms with Crippen molar-refractivity contribution in [1.82, 2.24) is 9.55 Å². The van der Waals surface area contributed by atoms with Crippen LogP contribution in [0.25, 0.3) is 10.7 Å². The number of para-hydroxylation sites is 1. The van der Waals surface area contributed by atoms with Gasteiger partial charge in [0.1, 0.15) is 5.82 Å². The first-order chi connectivity index (χ1) is 9.84. The summed E-state index contributed by atoms with van der Waals surface area (Å²) in [6, 6.07) is 14.8. The van der Waals surface area contributed by atoms with Gasteiger partial charge < -0.3 is 9.88 Å². The molecule has 1 aromatic carbocycles. The van der Waals surface area contributed by atoms with E-state index in [-0.39, 0.29) is 0 Å². The molecule has 0 amide bonds. The number of aromatic nitrogens is 2. The Bertz CT molecular complexity index is 643. The van der Waals surface area contributed by atoms with Gasteiger partial charge in [0, 0.05) is 30.7 Å². The first-order valence-electron chi connectivity index (χ1n) is 6.70. The lowest BCUT2D eigenvalue weighted by atomic mass is 10.2. The molecule has 0 spiro atoms. The molecular formula is C16H17N3S. The molecule has 0 aliphatic carbocycles. The molecule has 0 saturated carbocycles. The highest BCUT2D eigenvalue weighted by Gasteiger charge is 2.12. The van der Waals surface area contributed by atoms with Crippen molar-refractivity contribution in [2.75, 3.05) is 11.9 Å². The minimum atomic E-state index is 0.342. The van der Waals surface area contributed by atoms with E-state index in [0.717, 1.165) is 18.1 Å². The summed E-state index contributed by atoms with van der Waals surface area (Å²) >= 11 is 1.72. The third-order valence-corrected chi connectivity index (χ3v) is 4.13. The molecule has 3 nitrogen and oxygen atoms in total. The van der Waals surface area contributed by atoms with Gasteiger partial charge in [0.05, 0.1) is 4.88 Å². The second-order valence-corrected chi connectivity index (χ2v) is 5.68. The second-order valence-electron chi connectivity index (χ2n) is 4.73. The molecule has 3 aromatic rings. The number of thiophene rings is 1. The minimum Gasteiger partial charge on any atom is -0.383 e. The predicted molar refractivity (Wildman–Crippen MR) is 85.2 cm³/mol. The highest BCUT2D eigenvalue weighted by atomic mass is 32.1. The molecule has 1 unspecified atom stereocenters. The molecule has 0 aliphatic rings. The third kappa shape index (κ3) is 2.75. The van der Waals surface area contributed by atoms with Gasteiger partial charge in [-0.1, -0.05) is 24.3 Å².